The zero-order valence-electron chi connectivity index (χ0n) is 11.1. The Morgan fingerprint density at radius 3 is 2.74 bits per heavy atom. The summed E-state index contributed by atoms with van der Waals surface area (Å²) < 4.78 is 0. The summed E-state index contributed by atoms with van der Waals surface area (Å²) in [6, 6.07) is 8.02. The molecule has 102 valence electrons. The Morgan fingerprint density at radius 1 is 1.42 bits per heavy atom. The predicted octanol–water partition coefficient (Wildman–Crippen LogP) is 2.22. The van der Waals surface area contributed by atoms with Crippen LogP contribution < -0.4 is 5.32 Å². The molecule has 0 saturated heterocycles. The lowest BCUT2D eigenvalue weighted by Crippen LogP contribution is -2.31. The molecule has 4 nitrogen and oxygen atoms in total. The monoisotopic (exact) mass is 261 g/mol. The number of amides is 1. The van der Waals surface area contributed by atoms with Crippen LogP contribution in [-0.2, 0) is 9.59 Å². The Morgan fingerprint density at radius 2 is 2.16 bits per heavy atom. The van der Waals surface area contributed by atoms with Crippen molar-refractivity contribution < 1.29 is 14.7 Å². The fraction of sp³-hybridized carbons (Fsp3) is 0.467. The van der Waals surface area contributed by atoms with Gasteiger partial charge in [0.1, 0.15) is 0 Å². The Bertz CT molecular complexity index is 480. The molecule has 1 aliphatic carbocycles. The van der Waals surface area contributed by atoms with Gasteiger partial charge in [-0.15, -0.1) is 0 Å². The number of aliphatic carboxylic acids is 1. The van der Waals surface area contributed by atoms with Crippen molar-refractivity contribution >= 4 is 11.9 Å². The van der Waals surface area contributed by atoms with Crippen molar-refractivity contribution in [1.82, 2.24) is 5.32 Å². The van der Waals surface area contributed by atoms with Gasteiger partial charge in [0.2, 0.25) is 5.91 Å². The van der Waals surface area contributed by atoms with Gasteiger partial charge >= 0.3 is 5.97 Å². The summed E-state index contributed by atoms with van der Waals surface area (Å²) in [7, 11) is 0. The molecular formula is C15H19NO3. The third-order valence-electron chi connectivity index (χ3n) is 3.33. The molecule has 1 aromatic carbocycles. The van der Waals surface area contributed by atoms with E-state index < -0.39 is 5.97 Å². The largest absolute Gasteiger partial charge is 0.481 e. The van der Waals surface area contributed by atoms with Crippen LogP contribution in [0.4, 0.5) is 0 Å². The van der Waals surface area contributed by atoms with Gasteiger partial charge in [0.05, 0.1) is 5.92 Å². The normalized spacial score (nSPS) is 15.8. The molecule has 1 saturated carbocycles. The van der Waals surface area contributed by atoms with Gasteiger partial charge in [-0.05, 0) is 31.7 Å². The maximum Gasteiger partial charge on any atom is 0.303 e. The minimum atomic E-state index is -0.864. The minimum Gasteiger partial charge on any atom is -0.481 e. The van der Waals surface area contributed by atoms with Crippen LogP contribution in [0.2, 0.25) is 0 Å². The van der Waals surface area contributed by atoms with Gasteiger partial charge in [-0.2, -0.15) is 0 Å². The molecule has 0 aromatic heterocycles. The zero-order chi connectivity index (χ0) is 13.8. The standard InChI is InChI=1S/C15H19NO3/c1-10-3-2-4-11(9-10)13(7-8-14(17)18)15(19)16-12-5-6-12/h2-4,9,12-13H,5-8H2,1H3,(H,16,19)(H,17,18). The highest BCUT2D eigenvalue weighted by molar-refractivity contribution is 5.84. The molecule has 1 aliphatic rings. The maximum atomic E-state index is 12.2. The summed E-state index contributed by atoms with van der Waals surface area (Å²) in [5, 5.41) is 11.8. The first-order valence-corrected chi connectivity index (χ1v) is 6.65. The number of nitrogens with one attached hydrogen (secondary N) is 1. The van der Waals surface area contributed by atoms with Crippen LogP contribution in [0.5, 0.6) is 0 Å². The SMILES string of the molecule is Cc1cccc(C(CCC(=O)O)C(=O)NC2CC2)c1. The second-order valence-electron chi connectivity index (χ2n) is 5.18. The van der Waals surface area contributed by atoms with E-state index in [4.69, 9.17) is 5.11 Å². The summed E-state index contributed by atoms with van der Waals surface area (Å²) in [6.45, 7) is 1.97. The highest BCUT2D eigenvalue weighted by atomic mass is 16.4. The van der Waals surface area contributed by atoms with Gasteiger partial charge in [0.25, 0.3) is 0 Å². The minimum absolute atomic E-state index is 0.0106. The number of carbonyl (C=O) groups is 2. The van der Waals surface area contributed by atoms with Crippen LogP contribution in [0.25, 0.3) is 0 Å². The van der Waals surface area contributed by atoms with Crippen molar-refractivity contribution in [2.45, 2.75) is 44.6 Å². The Kier molecular flexibility index (Phi) is 4.20. The van der Waals surface area contributed by atoms with E-state index in [2.05, 4.69) is 5.32 Å². The second kappa shape index (κ2) is 5.87. The smallest absolute Gasteiger partial charge is 0.303 e. The number of rotatable bonds is 6. The topological polar surface area (TPSA) is 66.4 Å². The lowest BCUT2D eigenvalue weighted by Gasteiger charge is -2.16. The predicted molar refractivity (Wildman–Crippen MR) is 72.0 cm³/mol. The fourth-order valence-corrected chi connectivity index (χ4v) is 2.13. The number of carboxylic acid groups (broad SMARTS) is 1. The number of hydrogen-bond acceptors (Lipinski definition) is 2. The van der Waals surface area contributed by atoms with E-state index in [1.807, 2.05) is 31.2 Å². The van der Waals surface area contributed by atoms with Crippen LogP contribution in [0.3, 0.4) is 0 Å². The van der Waals surface area contributed by atoms with Crippen molar-refractivity contribution in [2.24, 2.45) is 0 Å². The lowest BCUT2D eigenvalue weighted by atomic mass is 9.92. The molecular weight excluding hydrogens is 242 g/mol. The van der Waals surface area contributed by atoms with Gasteiger partial charge in [-0.3, -0.25) is 9.59 Å². The molecule has 0 radical (unpaired) electrons. The number of benzene rings is 1. The number of hydrogen-bond donors (Lipinski definition) is 2. The molecule has 1 amide bonds. The Hall–Kier alpha value is -1.84. The van der Waals surface area contributed by atoms with E-state index in [1.54, 1.807) is 0 Å². The summed E-state index contributed by atoms with van der Waals surface area (Å²) >= 11 is 0. The van der Waals surface area contributed by atoms with Crippen LogP contribution in [-0.4, -0.2) is 23.0 Å². The molecule has 19 heavy (non-hydrogen) atoms. The quantitative estimate of drug-likeness (QED) is 0.825. The van der Waals surface area contributed by atoms with Crippen molar-refractivity contribution in [3.8, 4) is 0 Å². The van der Waals surface area contributed by atoms with E-state index in [1.165, 1.54) is 0 Å². The number of carboxylic acids is 1. The molecule has 1 atom stereocenters. The third kappa shape index (κ3) is 4.09. The van der Waals surface area contributed by atoms with Gasteiger partial charge < -0.3 is 10.4 Å². The van der Waals surface area contributed by atoms with Crippen LogP contribution in [0.15, 0.2) is 24.3 Å². The highest BCUT2D eigenvalue weighted by Crippen LogP contribution is 2.25. The van der Waals surface area contributed by atoms with Gasteiger partial charge in [0, 0.05) is 12.5 Å². The molecule has 0 aliphatic heterocycles. The van der Waals surface area contributed by atoms with E-state index in [0.717, 1.165) is 24.0 Å². The average Bonchev–Trinajstić information content (AvgIpc) is 3.13. The first-order valence-electron chi connectivity index (χ1n) is 6.65. The average molecular weight is 261 g/mol. The first-order chi connectivity index (χ1) is 9.06. The molecule has 2 N–H and O–H groups in total. The second-order valence-corrected chi connectivity index (χ2v) is 5.18. The molecule has 0 bridgehead atoms. The summed E-state index contributed by atoms with van der Waals surface area (Å²) in [5.74, 6) is -1.28. The van der Waals surface area contributed by atoms with Crippen molar-refractivity contribution in [1.29, 1.82) is 0 Å². The molecule has 0 heterocycles. The van der Waals surface area contributed by atoms with E-state index >= 15 is 0 Å². The van der Waals surface area contributed by atoms with Gasteiger partial charge in [0.15, 0.2) is 0 Å². The fourth-order valence-electron chi connectivity index (χ4n) is 2.13. The molecule has 1 aromatic rings. The molecule has 2 rings (SSSR count). The zero-order valence-corrected chi connectivity index (χ0v) is 11.1. The Labute approximate surface area is 112 Å². The maximum absolute atomic E-state index is 12.2. The summed E-state index contributed by atoms with van der Waals surface area (Å²) in [6.07, 6.45) is 2.42. The van der Waals surface area contributed by atoms with Crippen molar-refractivity contribution in [3.63, 3.8) is 0 Å². The summed E-state index contributed by atoms with van der Waals surface area (Å²) in [5.41, 5.74) is 1.98. The highest BCUT2D eigenvalue weighted by Gasteiger charge is 2.28. The van der Waals surface area contributed by atoms with Crippen molar-refractivity contribution in [2.75, 3.05) is 0 Å². The van der Waals surface area contributed by atoms with Crippen LogP contribution in [0, 0.1) is 6.92 Å². The molecule has 0 spiro atoms. The number of carbonyl (C=O) groups excluding carboxylic acids is 1. The molecule has 1 fully saturated rings. The third-order valence-corrected chi connectivity index (χ3v) is 3.33. The molecule has 1 unspecified atom stereocenters. The van der Waals surface area contributed by atoms with Gasteiger partial charge in [-0.1, -0.05) is 29.8 Å². The Balaban J connectivity index is 2.11. The number of aryl methyl sites for hydroxylation is 1. The van der Waals surface area contributed by atoms with E-state index in [-0.39, 0.29) is 18.2 Å². The summed E-state index contributed by atoms with van der Waals surface area (Å²) in [4.78, 5) is 22.9. The first kappa shape index (κ1) is 13.6. The lowest BCUT2D eigenvalue weighted by molar-refractivity contribution is -0.137. The van der Waals surface area contributed by atoms with Crippen molar-refractivity contribution in [3.05, 3.63) is 35.4 Å². The molecule has 4 heteroatoms. The van der Waals surface area contributed by atoms with E-state index in [9.17, 15) is 9.59 Å². The van der Waals surface area contributed by atoms with Crippen LogP contribution >= 0.6 is 0 Å². The van der Waals surface area contributed by atoms with Crippen LogP contribution in [0.1, 0.15) is 42.7 Å². The van der Waals surface area contributed by atoms with E-state index in [0.29, 0.717) is 12.5 Å². The van der Waals surface area contributed by atoms with Gasteiger partial charge in [-0.25, -0.2) is 0 Å².